The molecule has 0 unspecified atom stereocenters. The van der Waals surface area contributed by atoms with E-state index in [1.54, 1.807) is 12.3 Å². The number of likely N-dealkylation sites (N-methyl/N-ethyl adjacent to an activating group) is 1. The summed E-state index contributed by atoms with van der Waals surface area (Å²) in [7, 11) is 4.17. The van der Waals surface area contributed by atoms with Gasteiger partial charge in [0.05, 0.1) is 22.5 Å². The molecule has 10 heteroatoms. The minimum Gasteiger partial charge on any atom is -0.347 e. The van der Waals surface area contributed by atoms with Crippen molar-refractivity contribution in [3.63, 3.8) is 0 Å². The SMILES string of the molecule is CN1CCc2c(c3ccc(-n4ccc(-c5ccc(C(F)(F)F)cn5)cc4=O)cc3n2C)C1.Cl.Cl. The Bertz CT molecular complexity index is 1390. The lowest BCUT2D eigenvalue weighted by molar-refractivity contribution is -0.137. The van der Waals surface area contributed by atoms with E-state index in [4.69, 9.17) is 0 Å². The number of rotatable bonds is 2. The Hall–Kier alpha value is -2.81. The Kier molecular flexibility index (Phi) is 7.17. The molecule has 34 heavy (non-hydrogen) atoms. The van der Waals surface area contributed by atoms with Crippen molar-refractivity contribution >= 4 is 35.7 Å². The minimum atomic E-state index is -4.45. The van der Waals surface area contributed by atoms with Crippen LogP contribution in [0.5, 0.6) is 0 Å². The molecule has 4 heterocycles. The lowest BCUT2D eigenvalue weighted by Gasteiger charge is -2.23. The van der Waals surface area contributed by atoms with E-state index in [1.165, 1.54) is 33.3 Å². The van der Waals surface area contributed by atoms with Crippen LogP contribution in [0.2, 0.25) is 0 Å². The number of pyridine rings is 2. The van der Waals surface area contributed by atoms with Gasteiger partial charge in [0.2, 0.25) is 0 Å². The smallest absolute Gasteiger partial charge is 0.347 e. The number of aromatic nitrogens is 3. The third kappa shape index (κ3) is 4.45. The highest BCUT2D eigenvalue weighted by Gasteiger charge is 2.30. The van der Waals surface area contributed by atoms with Gasteiger partial charge < -0.3 is 9.47 Å². The lowest BCUT2D eigenvalue weighted by Crippen LogP contribution is -2.26. The molecule has 0 bridgehead atoms. The lowest BCUT2D eigenvalue weighted by atomic mass is 10.0. The summed E-state index contributed by atoms with van der Waals surface area (Å²) in [5, 5.41) is 1.19. The van der Waals surface area contributed by atoms with Crippen LogP contribution in [0.15, 0.2) is 59.7 Å². The predicted octanol–water partition coefficient (Wildman–Crippen LogP) is 5.24. The van der Waals surface area contributed by atoms with E-state index in [0.29, 0.717) is 11.3 Å². The molecule has 1 aromatic carbocycles. The Morgan fingerprint density at radius 2 is 1.76 bits per heavy atom. The van der Waals surface area contributed by atoms with E-state index >= 15 is 0 Å². The largest absolute Gasteiger partial charge is 0.417 e. The highest BCUT2D eigenvalue weighted by Crippen LogP contribution is 2.31. The summed E-state index contributed by atoms with van der Waals surface area (Å²) in [5.41, 5.74) is 4.16. The van der Waals surface area contributed by atoms with Crippen LogP contribution in [-0.2, 0) is 26.2 Å². The van der Waals surface area contributed by atoms with Crippen LogP contribution in [0.4, 0.5) is 13.2 Å². The third-order valence-corrected chi connectivity index (χ3v) is 6.16. The molecule has 0 spiro atoms. The molecule has 0 atom stereocenters. The van der Waals surface area contributed by atoms with E-state index in [-0.39, 0.29) is 30.4 Å². The summed E-state index contributed by atoms with van der Waals surface area (Å²) in [6.45, 7) is 1.92. The molecule has 1 aliphatic rings. The molecule has 0 radical (unpaired) electrons. The van der Waals surface area contributed by atoms with Gasteiger partial charge in [-0.15, -0.1) is 24.8 Å². The summed E-state index contributed by atoms with van der Waals surface area (Å²) in [6, 6.07) is 11.3. The fraction of sp³-hybridized carbons (Fsp3) is 0.250. The van der Waals surface area contributed by atoms with Crippen molar-refractivity contribution in [1.82, 2.24) is 19.0 Å². The van der Waals surface area contributed by atoms with Crippen molar-refractivity contribution in [2.24, 2.45) is 7.05 Å². The molecular formula is C24H23Cl2F3N4O. The van der Waals surface area contributed by atoms with Gasteiger partial charge in [0, 0.05) is 61.7 Å². The van der Waals surface area contributed by atoms with E-state index in [9.17, 15) is 18.0 Å². The summed E-state index contributed by atoms with van der Waals surface area (Å²) < 4.78 is 42.0. The molecule has 5 nitrogen and oxygen atoms in total. The summed E-state index contributed by atoms with van der Waals surface area (Å²) >= 11 is 0. The van der Waals surface area contributed by atoms with Gasteiger partial charge in [0.25, 0.3) is 5.56 Å². The number of benzene rings is 1. The van der Waals surface area contributed by atoms with E-state index < -0.39 is 11.7 Å². The van der Waals surface area contributed by atoms with Crippen LogP contribution in [0, 0.1) is 0 Å². The second kappa shape index (κ2) is 9.44. The number of alkyl halides is 3. The zero-order valence-electron chi connectivity index (χ0n) is 18.5. The first-order valence-corrected chi connectivity index (χ1v) is 10.3. The highest BCUT2D eigenvalue weighted by molar-refractivity contribution is 5.87. The monoisotopic (exact) mass is 510 g/mol. The van der Waals surface area contributed by atoms with E-state index in [0.717, 1.165) is 43.0 Å². The average molecular weight is 511 g/mol. The van der Waals surface area contributed by atoms with Gasteiger partial charge >= 0.3 is 6.18 Å². The quantitative estimate of drug-likeness (QED) is 0.370. The minimum absolute atomic E-state index is 0. The van der Waals surface area contributed by atoms with Crippen LogP contribution in [0.3, 0.4) is 0 Å². The molecule has 180 valence electrons. The molecular weight excluding hydrogens is 488 g/mol. The maximum absolute atomic E-state index is 12.8. The van der Waals surface area contributed by atoms with Crippen molar-refractivity contribution in [2.45, 2.75) is 19.1 Å². The number of nitrogens with zero attached hydrogens (tertiary/aromatic N) is 4. The van der Waals surface area contributed by atoms with E-state index in [2.05, 4.69) is 34.6 Å². The van der Waals surface area contributed by atoms with Crippen LogP contribution in [0.25, 0.3) is 27.8 Å². The fourth-order valence-corrected chi connectivity index (χ4v) is 4.43. The maximum atomic E-state index is 12.8. The zero-order chi connectivity index (χ0) is 22.6. The molecule has 0 saturated heterocycles. The number of hydrogen-bond donors (Lipinski definition) is 0. The molecule has 0 aliphatic carbocycles. The molecule has 1 aliphatic heterocycles. The van der Waals surface area contributed by atoms with Gasteiger partial charge in [0.1, 0.15) is 0 Å². The van der Waals surface area contributed by atoms with Crippen molar-refractivity contribution in [1.29, 1.82) is 0 Å². The van der Waals surface area contributed by atoms with Crippen molar-refractivity contribution < 1.29 is 13.2 Å². The van der Waals surface area contributed by atoms with Gasteiger partial charge in [-0.2, -0.15) is 13.2 Å². The summed E-state index contributed by atoms with van der Waals surface area (Å²) in [4.78, 5) is 19.0. The normalized spacial score (nSPS) is 13.8. The van der Waals surface area contributed by atoms with Crippen LogP contribution >= 0.6 is 24.8 Å². The molecule has 4 aromatic rings. The first-order valence-electron chi connectivity index (χ1n) is 10.3. The van der Waals surface area contributed by atoms with Gasteiger partial charge in [0.15, 0.2) is 0 Å². The van der Waals surface area contributed by atoms with Crippen molar-refractivity contribution in [3.05, 3.63) is 82.0 Å². The Labute approximate surface area is 206 Å². The molecule has 0 N–H and O–H groups in total. The van der Waals surface area contributed by atoms with Crippen LogP contribution in [-0.4, -0.2) is 32.6 Å². The first kappa shape index (κ1) is 25.8. The average Bonchev–Trinajstić information content (AvgIpc) is 3.04. The molecule has 3 aromatic heterocycles. The Morgan fingerprint density at radius 1 is 1.00 bits per heavy atom. The van der Waals surface area contributed by atoms with Crippen molar-refractivity contribution in [3.8, 4) is 16.9 Å². The highest BCUT2D eigenvalue weighted by atomic mass is 35.5. The number of aryl methyl sites for hydroxylation is 1. The second-order valence-electron chi connectivity index (χ2n) is 8.23. The predicted molar refractivity (Wildman–Crippen MR) is 131 cm³/mol. The standard InChI is InChI=1S/C24H21F3N4O.2ClH/c1-29-9-8-21-19(14-29)18-5-4-17(12-22(18)30(21)2)31-10-7-15(11-23(31)32)20-6-3-16(13-28-20)24(25,26)27;;/h3-7,10-13H,8-9,14H2,1-2H3;2*1H. The topological polar surface area (TPSA) is 43.1 Å². The molecule has 0 fully saturated rings. The Morgan fingerprint density at radius 3 is 2.41 bits per heavy atom. The third-order valence-electron chi connectivity index (χ3n) is 6.16. The number of hydrogen-bond acceptors (Lipinski definition) is 3. The zero-order valence-corrected chi connectivity index (χ0v) is 20.1. The Balaban J connectivity index is 0.00000162. The maximum Gasteiger partial charge on any atom is 0.417 e. The first-order chi connectivity index (χ1) is 15.2. The second-order valence-corrected chi connectivity index (χ2v) is 8.23. The van der Waals surface area contributed by atoms with Gasteiger partial charge in [-0.25, -0.2) is 0 Å². The number of halogens is 5. The summed E-state index contributed by atoms with van der Waals surface area (Å²) in [5.74, 6) is 0. The van der Waals surface area contributed by atoms with Crippen LogP contribution < -0.4 is 5.56 Å². The molecule has 0 amide bonds. The summed E-state index contributed by atoms with van der Waals surface area (Å²) in [6.07, 6.45) is -1.04. The molecule has 5 rings (SSSR count). The molecule has 0 saturated carbocycles. The van der Waals surface area contributed by atoms with Gasteiger partial charge in [-0.05, 0) is 42.9 Å². The van der Waals surface area contributed by atoms with Gasteiger partial charge in [-0.1, -0.05) is 6.07 Å². The van der Waals surface area contributed by atoms with Gasteiger partial charge in [-0.3, -0.25) is 14.3 Å². The van der Waals surface area contributed by atoms with E-state index in [1.807, 2.05) is 12.1 Å². The van der Waals surface area contributed by atoms with Crippen molar-refractivity contribution in [2.75, 3.05) is 13.6 Å². The fourth-order valence-electron chi connectivity index (χ4n) is 4.43. The van der Waals surface area contributed by atoms with Crippen LogP contribution in [0.1, 0.15) is 16.8 Å². The number of fused-ring (bicyclic) bond motifs is 3.